The standard InChI is InChI=1S/C36H57N5O5S/c1-8-23(7)33(30(43)18-25(12-10-11-15-37)35(45)40-29(34(38)44)16-21(3)4)41-36(46)26(17-27(42)9-2)20-32-39-28-14-13-24(22(5)6)19-31(28)47-32/h13-14,19,21-23,25-26,29,33H,8-12,15-18,20,37H2,1-7H3,(H2,38,44)(H,40,45)(H,41,46)/t23-,25+,26-,29-,33-/m0/s1. The summed E-state index contributed by atoms with van der Waals surface area (Å²) in [5.74, 6) is -2.81. The van der Waals surface area contributed by atoms with Crippen LogP contribution < -0.4 is 22.1 Å². The first-order chi connectivity index (χ1) is 22.2. The number of Topliss-reactive ketones (excluding diaryl/α,β-unsaturated/α-hetero) is 2. The molecule has 6 N–H and O–H groups in total. The number of ketones is 2. The first-order valence-corrected chi connectivity index (χ1v) is 18.1. The van der Waals surface area contributed by atoms with E-state index in [1.165, 1.54) is 16.9 Å². The summed E-state index contributed by atoms with van der Waals surface area (Å²) in [5, 5.41) is 6.51. The average Bonchev–Trinajstić information content (AvgIpc) is 3.43. The van der Waals surface area contributed by atoms with E-state index >= 15 is 0 Å². The van der Waals surface area contributed by atoms with Crippen LogP contribution in [0.15, 0.2) is 18.2 Å². The van der Waals surface area contributed by atoms with Crippen molar-refractivity contribution < 1.29 is 24.0 Å². The van der Waals surface area contributed by atoms with Gasteiger partial charge in [-0.2, -0.15) is 0 Å². The molecule has 11 heteroatoms. The van der Waals surface area contributed by atoms with Gasteiger partial charge in [0.25, 0.3) is 0 Å². The Morgan fingerprint density at radius 1 is 0.915 bits per heavy atom. The summed E-state index contributed by atoms with van der Waals surface area (Å²) in [6.07, 6.45) is 3.27. The normalized spacial score (nSPS) is 14.9. The molecule has 2 rings (SSSR count). The van der Waals surface area contributed by atoms with Crippen molar-refractivity contribution in [3.8, 4) is 0 Å². The molecule has 0 fully saturated rings. The maximum atomic E-state index is 13.9. The number of carbonyl (C=O) groups excluding carboxylic acids is 5. The zero-order chi connectivity index (χ0) is 35.3. The van der Waals surface area contributed by atoms with Gasteiger partial charge in [0.05, 0.1) is 27.2 Å². The third-order valence-electron chi connectivity index (χ3n) is 8.83. The molecule has 0 spiro atoms. The third-order valence-corrected chi connectivity index (χ3v) is 9.87. The summed E-state index contributed by atoms with van der Waals surface area (Å²) in [5.41, 5.74) is 13.3. The number of fused-ring (bicyclic) bond motifs is 1. The summed E-state index contributed by atoms with van der Waals surface area (Å²) in [6.45, 7) is 14.2. The van der Waals surface area contributed by atoms with E-state index in [1.54, 1.807) is 6.92 Å². The van der Waals surface area contributed by atoms with Gasteiger partial charge in [0.15, 0.2) is 5.78 Å². The second-order valence-corrected chi connectivity index (χ2v) is 14.7. The lowest BCUT2D eigenvalue weighted by molar-refractivity contribution is -0.135. The molecule has 10 nitrogen and oxygen atoms in total. The van der Waals surface area contributed by atoms with E-state index in [2.05, 4.69) is 36.6 Å². The number of hydrogen-bond donors (Lipinski definition) is 4. The van der Waals surface area contributed by atoms with Crippen molar-refractivity contribution in [2.45, 2.75) is 124 Å². The van der Waals surface area contributed by atoms with Crippen LogP contribution in [0.1, 0.15) is 116 Å². The first-order valence-electron chi connectivity index (χ1n) is 17.2. The SMILES string of the molecule is CCC(=O)C[C@@H](Cc1nc2ccc(C(C)C)cc2s1)C(=O)N[C@H](C(=O)C[C@@H](CCCCN)C(=O)N[C@@H](CC(C)C)C(N)=O)[C@@H](C)CC. The molecule has 0 radical (unpaired) electrons. The molecule has 0 aliphatic rings. The molecule has 0 aliphatic heterocycles. The van der Waals surface area contributed by atoms with E-state index in [9.17, 15) is 24.0 Å². The Morgan fingerprint density at radius 2 is 1.60 bits per heavy atom. The van der Waals surface area contributed by atoms with Crippen LogP contribution in [0.5, 0.6) is 0 Å². The van der Waals surface area contributed by atoms with E-state index in [0.29, 0.717) is 51.0 Å². The van der Waals surface area contributed by atoms with Gasteiger partial charge in [-0.1, -0.05) is 67.4 Å². The molecule has 1 heterocycles. The molecule has 0 unspecified atom stereocenters. The van der Waals surface area contributed by atoms with Crippen LogP contribution >= 0.6 is 11.3 Å². The molecular formula is C36H57N5O5S. The Labute approximate surface area is 284 Å². The molecule has 0 saturated heterocycles. The molecule has 0 bridgehead atoms. The van der Waals surface area contributed by atoms with Gasteiger partial charge in [-0.15, -0.1) is 11.3 Å². The lowest BCUT2D eigenvalue weighted by Crippen LogP contribution is -2.50. The Bertz CT molecular complexity index is 1360. The van der Waals surface area contributed by atoms with Crippen molar-refractivity contribution in [2.24, 2.45) is 35.1 Å². The number of nitrogens with zero attached hydrogens (tertiary/aromatic N) is 1. The van der Waals surface area contributed by atoms with Crippen LogP contribution in [0.3, 0.4) is 0 Å². The monoisotopic (exact) mass is 671 g/mol. The van der Waals surface area contributed by atoms with Crippen LogP contribution in [-0.4, -0.2) is 52.9 Å². The van der Waals surface area contributed by atoms with Crippen LogP contribution in [0.25, 0.3) is 10.2 Å². The number of carbonyl (C=O) groups is 5. The fraction of sp³-hybridized carbons (Fsp3) is 0.667. The summed E-state index contributed by atoms with van der Waals surface area (Å²) in [6, 6.07) is 4.49. The van der Waals surface area contributed by atoms with Crippen LogP contribution in [0.2, 0.25) is 0 Å². The maximum absolute atomic E-state index is 13.9. The van der Waals surface area contributed by atoms with Gasteiger partial charge in [-0.3, -0.25) is 24.0 Å². The maximum Gasteiger partial charge on any atom is 0.240 e. The minimum Gasteiger partial charge on any atom is -0.368 e. The number of thiazole rings is 1. The molecule has 1 aromatic heterocycles. The van der Waals surface area contributed by atoms with E-state index in [1.807, 2.05) is 33.8 Å². The predicted molar refractivity (Wildman–Crippen MR) is 189 cm³/mol. The zero-order valence-corrected chi connectivity index (χ0v) is 30.2. The highest BCUT2D eigenvalue weighted by Crippen LogP contribution is 2.29. The van der Waals surface area contributed by atoms with Crippen molar-refractivity contribution >= 4 is 50.8 Å². The van der Waals surface area contributed by atoms with Gasteiger partial charge in [0.1, 0.15) is 11.8 Å². The quantitative estimate of drug-likeness (QED) is 0.125. The summed E-state index contributed by atoms with van der Waals surface area (Å²) in [4.78, 5) is 70.6. The van der Waals surface area contributed by atoms with E-state index in [-0.39, 0.29) is 48.6 Å². The van der Waals surface area contributed by atoms with Crippen LogP contribution in [0.4, 0.5) is 0 Å². The van der Waals surface area contributed by atoms with Crippen LogP contribution in [0, 0.1) is 23.7 Å². The number of nitrogens with two attached hydrogens (primary N) is 2. The zero-order valence-electron chi connectivity index (χ0n) is 29.4. The number of unbranched alkanes of at least 4 members (excludes halogenated alkanes) is 1. The van der Waals surface area contributed by atoms with E-state index < -0.39 is 35.7 Å². The minimum atomic E-state index is -0.844. The molecule has 0 saturated carbocycles. The fourth-order valence-electron chi connectivity index (χ4n) is 5.61. The highest BCUT2D eigenvalue weighted by molar-refractivity contribution is 7.18. The molecule has 5 atom stereocenters. The minimum absolute atomic E-state index is 0.0400. The van der Waals surface area contributed by atoms with Gasteiger partial charge in [0.2, 0.25) is 17.7 Å². The Morgan fingerprint density at radius 3 is 2.17 bits per heavy atom. The molecule has 2 aromatic rings. The lowest BCUT2D eigenvalue weighted by Gasteiger charge is -2.28. The Hall–Kier alpha value is -3.18. The fourth-order valence-corrected chi connectivity index (χ4v) is 6.70. The van der Waals surface area contributed by atoms with E-state index in [0.717, 1.165) is 15.2 Å². The number of benzene rings is 1. The van der Waals surface area contributed by atoms with Gasteiger partial charge >= 0.3 is 0 Å². The van der Waals surface area contributed by atoms with Crippen molar-refractivity contribution in [3.05, 3.63) is 28.8 Å². The van der Waals surface area contributed by atoms with E-state index in [4.69, 9.17) is 16.5 Å². The number of amides is 3. The molecule has 0 aliphatic carbocycles. The summed E-state index contributed by atoms with van der Waals surface area (Å²) < 4.78 is 1.03. The molecular weight excluding hydrogens is 614 g/mol. The summed E-state index contributed by atoms with van der Waals surface area (Å²) in [7, 11) is 0. The smallest absolute Gasteiger partial charge is 0.240 e. The molecule has 47 heavy (non-hydrogen) atoms. The van der Waals surface area contributed by atoms with Crippen molar-refractivity contribution in [1.82, 2.24) is 15.6 Å². The number of hydrogen-bond acceptors (Lipinski definition) is 8. The first kappa shape index (κ1) is 40.0. The molecule has 1 aromatic carbocycles. The second kappa shape index (κ2) is 19.6. The Balaban J connectivity index is 2.30. The highest BCUT2D eigenvalue weighted by Gasteiger charge is 2.34. The average molecular weight is 672 g/mol. The Kier molecular flexibility index (Phi) is 16.7. The number of nitrogens with one attached hydrogen (secondary N) is 2. The van der Waals surface area contributed by atoms with Crippen molar-refractivity contribution in [1.29, 1.82) is 0 Å². The van der Waals surface area contributed by atoms with Crippen molar-refractivity contribution in [3.63, 3.8) is 0 Å². The largest absolute Gasteiger partial charge is 0.368 e. The van der Waals surface area contributed by atoms with Crippen molar-refractivity contribution in [2.75, 3.05) is 6.54 Å². The second-order valence-electron chi connectivity index (χ2n) is 13.6. The number of aromatic nitrogens is 1. The van der Waals surface area contributed by atoms with Gasteiger partial charge in [-0.05, 0) is 61.3 Å². The van der Waals surface area contributed by atoms with Gasteiger partial charge in [0, 0.05) is 31.6 Å². The van der Waals surface area contributed by atoms with Gasteiger partial charge in [-0.25, -0.2) is 4.98 Å². The van der Waals surface area contributed by atoms with Gasteiger partial charge < -0.3 is 22.1 Å². The van der Waals surface area contributed by atoms with Crippen LogP contribution in [-0.2, 0) is 30.4 Å². The molecule has 3 amide bonds. The lowest BCUT2D eigenvalue weighted by atomic mass is 9.86. The third kappa shape index (κ3) is 12.7. The molecule has 262 valence electrons. The number of primary amides is 1. The topological polar surface area (TPSA) is 174 Å². The highest BCUT2D eigenvalue weighted by atomic mass is 32.1. The number of rotatable bonds is 22. The predicted octanol–water partition coefficient (Wildman–Crippen LogP) is 5.20. The summed E-state index contributed by atoms with van der Waals surface area (Å²) >= 11 is 1.52.